The van der Waals surface area contributed by atoms with E-state index in [-0.39, 0.29) is 31.1 Å². The Hall–Kier alpha value is -3.65. The van der Waals surface area contributed by atoms with Crippen molar-refractivity contribution in [3.05, 3.63) is 71.8 Å². The number of carbonyl (C=O) groups is 3. The zero-order valence-electron chi connectivity index (χ0n) is 18.5. The topological polar surface area (TPSA) is 97.0 Å². The van der Waals surface area contributed by atoms with Gasteiger partial charge in [-0.25, -0.2) is 4.79 Å². The summed E-state index contributed by atoms with van der Waals surface area (Å²) in [6.45, 7) is 2.92. The number of benzene rings is 2. The molecule has 0 spiro atoms. The number of hydrogen-bond acceptors (Lipinski definition) is 6. The fourth-order valence-electron chi connectivity index (χ4n) is 3.88. The Balaban J connectivity index is 1.34. The van der Waals surface area contributed by atoms with Crippen molar-refractivity contribution in [2.75, 3.05) is 24.5 Å². The van der Waals surface area contributed by atoms with Gasteiger partial charge in [-0.05, 0) is 35.3 Å². The van der Waals surface area contributed by atoms with E-state index in [1.807, 2.05) is 54.6 Å². The zero-order chi connectivity index (χ0) is 23.2. The third kappa shape index (κ3) is 5.78. The lowest BCUT2D eigenvalue weighted by atomic mass is 9.95. The molecular formula is C25H27N3O5. The van der Waals surface area contributed by atoms with E-state index in [1.54, 1.807) is 4.90 Å². The highest BCUT2D eigenvalue weighted by atomic mass is 16.6. The molecule has 4 rings (SSSR count). The van der Waals surface area contributed by atoms with Crippen LogP contribution in [0.1, 0.15) is 24.5 Å². The first-order valence-electron chi connectivity index (χ1n) is 11.0. The number of anilines is 1. The Morgan fingerprint density at radius 2 is 1.91 bits per heavy atom. The number of esters is 1. The largest absolute Gasteiger partial charge is 0.460 e. The first kappa shape index (κ1) is 22.5. The molecule has 1 unspecified atom stereocenters. The first-order chi connectivity index (χ1) is 16.0. The molecule has 1 fully saturated rings. The predicted molar refractivity (Wildman–Crippen MR) is 123 cm³/mol. The molecule has 0 bridgehead atoms. The van der Waals surface area contributed by atoms with Crippen LogP contribution < -0.4 is 15.5 Å². The standard InChI is InChI=1S/C25H27N3O5/c1-17(29)27-14-22-15-28(25(31)33-22)21-9-7-19(8-10-21)20-11-12-26-23(13-20)24(30)32-16-18-5-3-2-4-6-18/h2-11,22-23,26H,12-16H2,1H3,(H,27,29)/t22-,23?/m0/s1. The molecule has 2 aliphatic rings. The minimum Gasteiger partial charge on any atom is -0.460 e. The summed E-state index contributed by atoms with van der Waals surface area (Å²) in [6.07, 6.45) is 1.78. The van der Waals surface area contributed by atoms with Gasteiger partial charge in [0.15, 0.2) is 0 Å². The van der Waals surface area contributed by atoms with Crippen LogP contribution in [-0.4, -0.2) is 49.7 Å². The monoisotopic (exact) mass is 449 g/mol. The van der Waals surface area contributed by atoms with Crippen molar-refractivity contribution in [2.24, 2.45) is 0 Å². The SMILES string of the molecule is CC(=O)NC[C@H]1CN(c2ccc(C3=CCNC(C(=O)OCc4ccccc4)C3)cc2)C(=O)O1. The van der Waals surface area contributed by atoms with Gasteiger partial charge in [0.25, 0.3) is 0 Å². The molecule has 2 aliphatic heterocycles. The Kier molecular flexibility index (Phi) is 7.04. The van der Waals surface area contributed by atoms with E-state index in [0.717, 1.165) is 22.4 Å². The van der Waals surface area contributed by atoms with E-state index >= 15 is 0 Å². The molecule has 2 atom stereocenters. The van der Waals surface area contributed by atoms with E-state index in [1.165, 1.54) is 6.92 Å². The Morgan fingerprint density at radius 3 is 2.64 bits per heavy atom. The van der Waals surface area contributed by atoms with Crippen molar-refractivity contribution in [3.63, 3.8) is 0 Å². The van der Waals surface area contributed by atoms with Gasteiger partial charge in [-0.3, -0.25) is 14.5 Å². The number of cyclic esters (lactones) is 1. The highest BCUT2D eigenvalue weighted by molar-refractivity contribution is 5.90. The number of carbonyl (C=O) groups excluding carboxylic acids is 3. The lowest BCUT2D eigenvalue weighted by molar-refractivity contribution is -0.147. The van der Waals surface area contributed by atoms with E-state index < -0.39 is 12.1 Å². The molecule has 2 amide bonds. The molecule has 0 radical (unpaired) electrons. The zero-order valence-corrected chi connectivity index (χ0v) is 18.5. The van der Waals surface area contributed by atoms with Crippen molar-refractivity contribution < 1.29 is 23.9 Å². The molecule has 8 nitrogen and oxygen atoms in total. The third-order valence-electron chi connectivity index (χ3n) is 5.65. The van der Waals surface area contributed by atoms with E-state index in [0.29, 0.717) is 19.5 Å². The molecule has 2 N–H and O–H groups in total. The van der Waals surface area contributed by atoms with Gasteiger partial charge in [0.1, 0.15) is 18.8 Å². The van der Waals surface area contributed by atoms with Crippen LogP contribution in [0.25, 0.3) is 5.57 Å². The van der Waals surface area contributed by atoms with Crippen LogP contribution in [0.2, 0.25) is 0 Å². The van der Waals surface area contributed by atoms with Crippen LogP contribution in [0.15, 0.2) is 60.7 Å². The fraction of sp³-hybridized carbons (Fsp3) is 0.320. The quantitative estimate of drug-likeness (QED) is 0.631. The Bertz CT molecular complexity index is 1040. The predicted octanol–water partition coefficient (Wildman–Crippen LogP) is 2.64. The summed E-state index contributed by atoms with van der Waals surface area (Å²) in [4.78, 5) is 37.4. The molecule has 33 heavy (non-hydrogen) atoms. The second kappa shape index (κ2) is 10.3. The second-order valence-corrected chi connectivity index (χ2v) is 8.09. The van der Waals surface area contributed by atoms with Crippen molar-refractivity contribution >= 4 is 29.2 Å². The van der Waals surface area contributed by atoms with Crippen LogP contribution >= 0.6 is 0 Å². The summed E-state index contributed by atoms with van der Waals surface area (Å²) in [7, 11) is 0. The molecule has 1 saturated heterocycles. The summed E-state index contributed by atoms with van der Waals surface area (Å²) in [5.41, 5.74) is 3.72. The smallest absolute Gasteiger partial charge is 0.414 e. The number of amides is 2. The van der Waals surface area contributed by atoms with E-state index in [4.69, 9.17) is 9.47 Å². The molecule has 0 aromatic heterocycles. The Morgan fingerprint density at radius 1 is 1.15 bits per heavy atom. The summed E-state index contributed by atoms with van der Waals surface area (Å²) >= 11 is 0. The third-order valence-corrected chi connectivity index (χ3v) is 5.65. The van der Waals surface area contributed by atoms with Crippen LogP contribution in [0.3, 0.4) is 0 Å². The van der Waals surface area contributed by atoms with Gasteiger partial charge in [-0.1, -0.05) is 48.5 Å². The van der Waals surface area contributed by atoms with Gasteiger partial charge in [0, 0.05) is 19.2 Å². The van der Waals surface area contributed by atoms with Gasteiger partial charge < -0.3 is 20.1 Å². The van der Waals surface area contributed by atoms with Crippen molar-refractivity contribution in [2.45, 2.75) is 32.1 Å². The second-order valence-electron chi connectivity index (χ2n) is 8.09. The lowest BCUT2D eigenvalue weighted by Crippen LogP contribution is -2.40. The van der Waals surface area contributed by atoms with Gasteiger partial charge in [0.05, 0.1) is 13.1 Å². The van der Waals surface area contributed by atoms with Gasteiger partial charge >= 0.3 is 12.1 Å². The van der Waals surface area contributed by atoms with Crippen molar-refractivity contribution in [1.29, 1.82) is 0 Å². The number of nitrogens with one attached hydrogen (secondary N) is 2. The molecule has 0 aliphatic carbocycles. The summed E-state index contributed by atoms with van der Waals surface area (Å²) < 4.78 is 10.8. The number of nitrogens with zero attached hydrogens (tertiary/aromatic N) is 1. The van der Waals surface area contributed by atoms with E-state index in [2.05, 4.69) is 16.7 Å². The fourth-order valence-corrected chi connectivity index (χ4v) is 3.88. The Labute approximate surface area is 192 Å². The molecule has 2 heterocycles. The van der Waals surface area contributed by atoms with Gasteiger partial charge in [0.2, 0.25) is 5.91 Å². The number of rotatable bonds is 7. The van der Waals surface area contributed by atoms with Crippen molar-refractivity contribution in [1.82, 2.24) is 10.6 Å². The summed E-state index contributed by atoms with van der Waals surface area (Å²) in [5, 5.41) is 5.86. The molecular weight excluding hydrogens is 422 g/mol. The normalized spacial score (nSPS) is 20.1. The average Bonchev–Trinajstić information content (AvgIpc) is 3.22. The minimum atomic E-state index is -0.430. The maximum absolute atomic E-state index is 12.5. The molecule has 172 valence electrons. The van der Waals surface area contributed by atoms with Crippen LogP contribution in [0, 0.1) is 0 Å². The summed E-state index contributed by atoms with van der Waals surface area (Å²) in [6, 6.07) is 16.8. The number of ether oxygens (including phenoxy) is 2. The highest BCUT2D eigenvalue weighted by Gasteiger charge is 2.32. The maximum atomic E-state index is 12.5. The summed E-state index contributed by atoms with van der Waals surface area (Å²) in [5.74, 6) is -0.433. The highest BCUT2D eigenvalue weighted by Crippen LogP contribution is 2.27. The lowest BCUT2D eigenvalue weighted by Gasteiger charge is -2.23. The van der Waals surface area contributed by atoms with Crippen LogP contribution in [0.5, 0.6) is 0 Å². The molecule has 0 saturated carbocycles. The van der Waals surface area contributed by atoms with Crippen molar-refractivity contribution in [3.8, 4) is 0 Å². The average molecular weight is 450 g/mol. The molecule has 2 aromatic rings. The van der Waals surface area contributed by atoms with Crippen LogP contribution in [-0.2, 0) is 25.7 Å². The maximum Gasteiger partial charge on any atom is 0.414 e. The first-order valence-corrected chi connectivity index (χ1v) is 11.0. The van der Waals surface area contributed by atoms with E-state index in [9.17, 15) is 14.4 Å². The molecule has 2 aromatic carbocycles. The molecule has 8 heteroatoms. The van der Waals surface area contributed by atoms with Gasteiger partial charge in [-0.15, -0.1) is 0 Å². The number of hydrogen-bond donors (Lipinski definition) is 2. The minimum absolute atomic E-state index is 0.161. The van der Waals surface area contributed by atoms with Gasteiger partial charge in [-0.2, -0.15) is 0 Å². The van der Waals surface area contributed by atoms with Crippen LogP contribution in [0.4, 0.5) is 10.5 Å².